The fourth-order valence-corrected chi connectivity index (χ4v) is 5.76. The number of fused-ring (bicyclic) bond motifs is 1. The summed E-state index contributed by atoms with van der Waals surface area (Å²) >= 11 is 2.54. The van der Waals surface area contributed by atoms with Crippen molar-refractivity contribution in [2.45, 2.75) is 36.8 Å². The highest BCUT2D eigenvalue weighted by Crippen LogP contribution is 2.42. The molecule has 31 heavy (non-hydrogen) atoms. The number of thiazole rings is 1. The van der Waals surface area contributed by atoms with Crippen LogP contribution in [0.15, 0.2) is 21.8 Å². The van der Waals surface area contributed by atoms with Crippen LogP contribution < -0.4 is 11.1 Å². The minimum Gasteiger partial charge on any atom is -0.477 e. The molecule has 11 nitrogen and oxygen atoms in total. The number of nitrogen functional groups attached to an aromatic ring is 1. The van der Waals surface area contributed by atoms with Crippen LogP contribution in [0.3, 0.4) is 0 Å². The van der Waals surface area contributed by atoms with E-state index in [0.717, 1.165) is 30.6 Å². The third-order valence-corrected chi connectivity index (χ3v) is 7.19. The molecule has 0 spiro atoms. The van der Waals surface area contributed by atoms with Crippen molar-refractivity contribution in [2.24, 2.45) is 5.16 Å². The van der Waals surface area contributed by atoms with E-state index >= 15 is 0 Å². The van der Waals surface area contributed by atoms with Gasteiger partial charge in [-0.25, -0.2) is 9.78 Å². The van der Waals surface area contributed by atoms with Gasteiger partial charge in [0.1, 0.15) is 29.9 Å². The lowest BCUT2D eigenvalue weighted by Gasteiger charge is -2.50. The van der Waals surface area contributed by atoms with Crippen LogP contribution in [0.4, 0.5) is 5.13 Å². The number of rotatable bonds is 6. The predicted molar refractivity (Wildman–Crippen MR) is 113 cm³/mol. The number of carbonyl (C=O) groups excluding carboxylic acids is 2. The van der Waals surface area contributed by atoms with Crippen LogP contribution >= 0.6 is 23.1 Å². The summed E-state index contributed by atoms with van der Waals surface area (Å²) in [5, 5.41) is 17.4. The van der Waals surface area contributed by atoms with Gasteiger partial charge in [0.05, 0.1) is 6.10 Å². The smallest absolute Gasteiger partial charge is 0.352 e. The highest BCUT2D eigenvalue weighted by molar-refractivity contribution is 8.00. The molecule has 2 amide bonds. The van der Waals surface area contributed by atoms with Gasteiger partial charge >= 0.3 is 5.97 Å². The summed E-state index contributed by atoms with van der Waals surface area (Å²) in [6.07, 6.45) is 2.32. The van der Waals surface area contributed by atoms with Crippen molar-refractivity contribution in [1.82, 2.24) is 15.2 Å². The van der Waals surface area contributed by atoms with E-state index in [1.54, 1.807) is 5.38 Å². The standard InChI is InChI=1S/C18H21N5O6S2/c1-28-22-11(9-7-31-18(19)20-9)14(24)21-12-15(25)23-13(17(26)27)8(6-30-16(12)23)10-4-2-3-5-29-10/h7,10,12,16H,2-6H2,1H3,(H2,19,20)(H,21,24)(H,26,27)/b22-11+/t10?,12-,16-/m1/s1. The van der Waals surface area contributed by atoms with Gasteiger partial charge < -0.3 is 25.7 Å². The molecule has 1 aromatic heterocycles. The van der Waals surface area contributed by atoms with E-state index in [1.807, 2.05) is 0 Å². The van der Waals surface area contributed by atoms with Crippen LogP contribution in [0.1, 0.15) is 25.0 Å². The molecule has 4 rings (SSSR count). The van der Waals surface area contributed by atoms with Crippen LogP contribution in [0.25, 0.3) is 0 Å². The maximum absolute atomic E-state index is 12.9. The molecule has 1 aromatic rings. The molecule has 0 bridgehead atoms. The van der Waals surface area contributed by atoms with Crippen molar-refractivity contribution in [3.63, 3.8) is 0 Å². The number of nitrogens with zero attached hydrogens (tertiary/aromatic N) is 3. The first-order chi connectivity index (χ1) is 14.9. The number of β-lactam (4-membered cyclic amide) rings is 1. The number of hydrogen-bond acceptors (Lipinski definition) is 10. The van der Waals surface area contributed by atoms with Gasteiger partial charge in [-0.2, -0.15) is 0 Å². The Balaban J connectivity index is 1.53. The van der Waals surface area contributed by atoms with E-state index in [1.165, 1.54) is 23.8 Å². The second-order valence-electron chi connectivity index (χ2n) is 7.09. The van der Waals surface area contributed by atoms with Gasteiger partial charge in [-0.3, -0.25) is 14.5 Å². The highest BCUT2D eigenvalue weighted by Gasteiger charge is 2.55. The quantitative estimate of drug-likeness (QED) is 0.306. The Kier molecular flexibility index (Phi) is 6.16. The van der Waals surface area contributed by atoms with Crippen molar-refractivity contribution in [3.8, 4) is 0 Å². The Morgan fingerprint density at radius 1 is 1.45 bits per heavy atom. The summed E-state index contributed by atoms with van der Waals surface area (Å²) in [5.74, 6) is -1.92. The fraction of sp³-hybridized carbons (Fsp3) is 0.500. The van der Waals surface area contributed by atoms with Crippen molar-refractivity contribution in [1.29, 1.82) is 0 Å². The molecule has 4 N–H and O–H groups in total. The second-order valence-corrected chi connectivity index (χ2v) is 9.08. The van der Waals surface area contributed by atoms with E-state index in [0.29, 0.717) is 17.9 Å². The fourth-order valence-electron chi connectivity index (χ4n) is 3.81. The molecule has 0 aromatic carbocycles. The Bertz CT molecular complexity index is 970. The summed E-state index contributed by atoms with van der Waals surface area (Å²) in [4.78, 5) is 47.6. The van der Waals surface area contributed by atoms with E-state index < -0.39 is 29.2 Å². The maximum atomic E-state index is 12.9. The summed E-state index contributed by atoms with van der Waals surface area (Å²) in [5.41, 5.74) is 6.31. The number of anilines is 1. The lowest BCUT2D eigenvalue weighted by atomic mass is 9.96. The average molecular weight is 468 g/mol. The normalized spacial score (nSPS) is 26.2. The van der Waals surface area contributed by atoms with Crippen LogP contribution in [0, 0.1) is 0 Å². The zero-order chi connectivity index (χ0) is 22.1. The summed E-state index contributed by atoms with van der Waals surface area (Å²) in [6.45, 7) is 0.574. The predicted octanol–water partition coefficient (Wildman–Crippen LogP) is 0.384. The summed E-state index contributed by atoms with van der Waals surface area (Å²) in [7, 11) is 1.29. The first-order valence-corrected chi connectivity index (χ1v) is 11.5. The molecule has 13 heteroatoms. The summed E-state index contributed by atoms with van der Waals surface area (Å²) in [6, 6.07) is -0.890. The molecule has 4 heterocycles. The number of thioether (sulfide) groups is 1. The minimum atomic E-state index is -1.17. The van der Waals surface area contributed by atoms with Gasteiger partial charge in [-0.15, -0.1) is 23.1 Å². The number of hydrogen-bond donors (Lipinski definition) is 3. The average Bonchev–Trinajstić information content (AvgIpc) is 3.20. The zero-order valence-corrected chi connectivity index (χ0v) is 18.2. The van der Waals surface area contributed by atoms with Crippen molar-refractivity contribution in [3.05, 3.63) is 22.3 Å². The first kappa shape index (κ1) is 21.6. The largest absolute Gasteiger partial charge is 0.477 e. The number of nitrogens with two attached hydrogens (primary N) is 1. The van der Waals surface area contributed by atoms with Gasteiger partial charge in [-0.05, 0) is 24.8 Å². The first-order valence-electron chi connectivity index (χ1n) is 9.58. The second kappa shape index (κ2) is 8.85. The Labute approximate surface area is 185 Å². The lowest BCUT2D eigenvalue weighted by molar-refractivity contribution is -0.150. The molecule has 0 saturated carbocycles. The zero-order valence-electron chi connectivity index (χ0n) is 16.6. The molecular weight excluding hydrogens is 446 g/mol. The molecule has 0 aliphatic carbocycles. The minimum absolute atomic E-state index is 0.0378. The molecule has 3 aliphatic heterocycles. The molecule has 2 saturated heterocycles. The van der Waals surface area contributed by atoms with Crippen LogP contribution in [-0.4, -0.2) is 75.5 Å². The van der Waals surface area contributed by atoms with Crippen LogP contribution in [-0.2, 0) is 24.0 Å². The topological polar surface area (TPSA) is 156 Å². The van der Waals surface area contributed by atoms with Crippen LogP contribution in [0.2, 0.25) is 0 Å². The van der Waals surface area contributed by atoms with Gasteiger partial charge in [0.2, 0.25) is 0 Å². The molecule has 2 fully saturated rings. The Morgan fingerprint density at radius 3 is 2.87 bits per heavy atom. The number of carboxylic acid groups (broad SMARTS) is 1. The third-order valence-electron chi connectivity index (χ3n) is 5.22. The number of amides is 2. The molecule has 0 radical (unpaired) electrons. The molecule has 3 atom stereocenters. The molecular formula is C18H21N5O6S2. The lowest BCUT2D eigenvalue weighted by Crippen LogP contribution is -2.71. The number of carboxylic acids is 1. The highest BCUT2D eigenvalue weighted by atomic mass is 32.2. The number of carbonyl (C=O) groups is 3. The van der Waals surface area contributed by atoms with E-state index in [9.17, 15) is 19.5 Å². The van der Waals surface area contributed by atoms with Gasteiger partial charge in [-0.1, -0.05) is 5.16 Å². The van der Waals surface area contributed by atoms with Crippen molar-refractivity contribution >= 4 is 51.7 Å². The van der Waals surface area contributed by atoms with Gasteiger partial charge in [0.15, 0.2) is 10.8 Å². The Morgan fingerprint density at radius 2 is 2.26 bits per heavy atom. The van der Waals surface area contributed by atoms with E-state index in [2.05, 4.69) is 15.5 Å². The van der Waals surface area contributed by atoms with E-state index in [-0.39, 0.29) is 28.3 Å². The SMILES string of the molecule is CO/N=C(/C(=O)N[C@@H]1C(=O)N2C(C(=O)O)=C(C3CCCCO3)CS[C@H]12)c1csc(N)n1. The van der Waals surface area contributed by atoms with Gasteiger partial charge in [0.25, 0.3) is 11.8 Å². The van der Waals surface area contributed by atoms with Crippen molar-refractivity contribution in [2.75, 3.05) is 25.2 Å². The number of oxime groups is 1. The van der Waals surface area contributed by atoms with Crippen LogP contribution in [0.5, 0.6) is 0 Å². The Hall–Kier alpha value is -2.64. The van der Waals surface area contributed by atoms with Gasteiger partial charge in [0, 0.05) is 17.7 Å². The molecule has 1 unspecified atom stereocenters. The molecule has 3 aliphatic rings. The molecule has 166 valence electrons. The van der Waals surface area contributed by atoms with E-state index in [4.69, 9.17) is 15.3 Å². The number of aliphatic carboxylic acids is 1. The maximum Gasteiger partial charge on any atom is 0.352 e. The number of aromatic nitrogens is 1. The van der Waals surface area contributed by atoms with Crippen molar-refractivity contribution < 1.29 is 29.1 Å². The number of nitrogens with one attached hydrogen (secondary N) is 1. The third kappa shape index (κ3) is 4.00. The summed E-state index contributed by atoms with van der Waals surface area (Å²) < 4.78 is 5.75. The monoisotopic (exact) mass is 467 g/mol. The number of ether oxygens (including phenoxy) is 1.